The number of nitrogens with zero attached hydrogens (tertiary/aromatic N) is 2. The summed E-state index contributed by atoms with van der Waals surface area (Å²) in [5, 5.41) is 1.22. The normalized spacial score (nSPS) is 11.2. The number of hydrogen-bond donors (Lipinski definition) is 0. The molecule has 3 rings (SSSR count). The number of benzene rings is 1. The minimum absolute atomic E-state index is 1.11. The zero-order valence-electron chi connectivity index (χ0n) is 7.31. The fourth-order valence-electron chi connectivity index (χ4n) is 1.74. The Morgan fingerprint density at radius 2 is 2.00 bits per heavy atom. The highest BCUT2D eigenvalue weighted by atomic mass is 79.9. The SMILES string of the molecule is Brc1c2ccccc2n2ccncc12. The maximum absolute atomic E-state index is 4.12. The van der Waals surface area contributed by atoms with Crippen molar-refractivity contribution in [3.63, 3.8) is 0 Å². The molecular weight excluding hydrogens is 240 g/mol. The molecule has 0 aliphatic rings. The lowest BCUT2D eigenvalue weighted by molar-refractivity contribution is 1.17. The van der Waals surface area contributed by atoms with Crippen LogP contribution in [0.2, 0.25) is 0 Å². The van der Waals surface area contributed by atoms with Crippen LogP contribution in [0.4, 0.5) is 0 Å². The summed E-state index contributed by atoms with van der Waals surface area (Å²) in [6.07, 6.45) is 5.64. The number of para-hydroxylation sites is 1. The van der Waals surface area contributed by atoms with Crippen LogP contribution in [0.1, 0.15) is 0 Å². The fourth-order valence-corrected chi connectivity index (χ4v) is 2.37. The Hall–Kier alpha value is -1.35. The van der Waals surface area contributed by atoms with Gasteiger partial charge in [-0.05, 0) is 22.0 Å². The molecule has 3 aromatic rings. The largest absolute Gasteiger partial charge is 0.312 e. The predicted octanol–water partition coefficient (Wildman–Crippen LogP) is 3.25. The van der Waals surface area contributed by atoms with Gasteiger partial charge in [0.05, 0.1) is 21.7 Å². The smallest absolute Gasteiger partial charge is 0.0789 e. The lowest BCUT2D eigenvalue weighted by Gasteiger charge is -1.93. The van der Waals surface area contributed by atoms with E-state index in [-0.39, 0.29) is 0 Å². The van der Waals surface area contributed by atoms with Gasteiger partial charge < -0.3 is 4.40 Å². The molecule has 3 heteroatoms. The summed E-state index contributed by atoms with van der Waals surface area (Å²) in [5.74, 6) is 0. The van der Waals surface area contributed by atoms with Gasteiger partial charge in [0, 0.05) is 17.8 Å². The van der Waals surface area contributed by atoms with Crippen molar-refractivity contribution in [3.05, 3.63) is 47.3 Å². The summed E-state index contributed by atoms with van der Waals surface area (Å²) < 4.78 is 3.24. The van der Waals surface area contributed by atoms with Crippen molar-refractivity contribution in [2.24, 2.45) is 0 Å². The Bertz CT molecular complexity index is 560. The van der Waals surface area contributed by atoms with Gasteiger partial charge in [-0.15, -0.1) is 0 Å². The van der Waals surface area contributed by atoms with Crippen LogP contribution in [-0.4, -0.2) is 9.38 Å². The third kappa shape index (κ3) is 0.930. The molecule has 0 bridgehead atoms. The van der Waals surface area contributed by atoms with Gasteiger partial charge in [-0.25, -0.2) is 0 Å². The van der Waals surface area contributed by atoms with Gasteiger partial charge >= 0.3 is 0 Å². The van der Waals surface area contributed by atoms with Gasteiger partial charge in [0.2, 0.25) is 0 Å². The van der Waals surface area contributed by atoms with Crippen LogP contribution in [0.3, 0.4) is 0 Å². The zero-order valence-corrected chi connectivity index (χ0v) is 8.90. The number of rotatable bonds is 0. The average Bonchev–Trinajstić information content (AvgIpc) is 2.55. The lowest BCUT2D eigenvalue weighted by Crippen LogP contribution is -1.82. The van der Waals surface area contributed by atoms with Crippen molar-refractivity contribution in [3.8, 4) is 0 Å². The fraction of sp³-hybridized carbons (Fsp3) is 0. The quantitative estimate of drug-likeness (QED) is 0.596. The summed E-state index contributed by atoms with van der Waals surface area (Å²) >= 11 is 3.59. The summed E-state index contributed by atoms with van der Waals surface area (Å²) in [6.45, 7) is 0. The van der Waals surface area contributed by atoms with Crippen molar-refractivity contribution in [2.75, 3.05) is 0 Å². The van der Waals surface area contributed by atoms with Crippen LogP contribution in [-0.2, 0) is 0 Å². The maximum Gasteiger partial charge on any atom is 0.0789 e. The highest BCUT2D eigenvalue weighted by Gasteiger charge is 2.07. The highest BCUT2D eigenvalue weighted by molar-refractivity contribution is 9.10. The first-order valence-corrected chi connectivity index (χ1v) is 5.15. The second-order valence-electron chi connectivity index (χ2n) is 3.16. The molecule has 0 fully saturated rings. The highest BCUT2D eigenvalue weighted by Crippen LogP contribution is 2.30. The molecule has 0 N–H and O–H groups in total. The molecule has 0 unspecified atom stereocenters. The topological polar surface area (TPSA) is 17.3 Å². The predicted molar refractivity (Wildman–Crippen MR) is 60.4 cm³/mol. The molecule has 0 aliphatic heterocycles. The Kier molecular flexibility index (Phi) is 1.61. The standard InChI is InChI=1S/C11H7BrN2/c12-11-8-3-1-2-4-9(8)14-6-5-13-7-10(11)14/h1-7H. The van der Waals surface area contributed by atoms with E-state index >= 15 is 0 Å². The minimum atomic E-state index is 1.11. The molecule has 0 atom stereocenters. The first-order valence-electron chi connectivity index (χ1n) is 4.36. The number of halogens is 1. The van der Waals surface area contributed by atoms with E-state index < -0.39 is 0 Å². The molecule has 0 saturated heterocycles. The minimum Gasteiger partial charge on any atom is -0.312 e. The summed E-state index contributed by atoms with van der Waals surface area (Å²) in [4.78, 5) is 4.12. The first-order chi connectivity index (χ1) is 6.88. The number of hydrogen-bond acceptors (Lipinski definition) is 1. The zero-order chi connectivity index (χ0) is 9.54. The molecule has 0 amide bonds. The maximum atomic E-state index is 4.12. The molecule has 0 radical (unpaired) electrons. The van der Waals surface area contributed by atoms with Crippen LogP contribution in [0.25, 0.3) is 16.4 Å². The van der Waals surface area contributed by atoms with Crippen LogP contribution in [0, 0.1) is 0 Å². The van der Waals surface area contributed by atoms with E-state index in [1.54, 1.807) is 6.20 Å². The average molecular weight is 247 g/mol. The van der Waals surface area contributed by atoms with E-state index in [0.717, 1.165) is 9.99 Å². The third-order valence-corrected chi connectivity index (χ3v) is 3.22. The molecule has 0 saturated carbocycles. The Labute approximate surface area is 89.3 Å². The van der Waals surface area contributed by atoms with E-state index in [9.17, 15) is 0 Å². The third-order valence-electron chi connectivity index (χ3n) is 2.38. The van der Waals surface area contributed by atoms with Crippen molar-refractivity contribution >= 4 is 32.3 Å². The molecule has 2 aromatic heterocycles. The Balaban J connectivity index is 2.69. The van der Waals surface area contributed by atoms with Gasteiger partial charge in [-0.1, -0.05) is 18.2 Å². The van der Waals surface area contributed by atoms with Crippen molar-refractivity contribution in [1.82, 2.24) is 9.38 Å². The van der Waals surface area contributed by atoms with E-state index in [1.807, 2.05) is 24.5 Å². The Morgan fingerprint density at radius 3 is 2.93 bits per heavy atom. The summed E-state index contributed by atoms with van der Waals surface area (Å²) in [6, 6.07) is 8.29. The van der Waals surface area contributed by atoms with E-state index in [4.69, 9.17) is 0 Å². The van der Waals surface area contributed by atoms with Gasteiger partial charge in [-0.2, -0.15) is 0 Å². The molecule has 2 nitrogen and oxygen atoms in total. The van der Waals surface area contributed by atoms with Gasteiger partial charge in [0.15, 0.2) is 0 Å². The number of aromatic nitrogens is 2. The van der Waals surface area contributed by atoms with Crippen LogP contribution < -0.4 is 0 Å². The van der Waals surface area contributed by atoms with Crippen molar-refractivity contribution in [1.29, 1.82) is 0 Å². The van der Waals surface area contributed by atoms with E-state index in [1.165, 1.54) is 10.9 Å². The van der Waals surface area contributed by atoms with Gasteiger partial charge in [0.1, 0.15) is 0 Å². The molecule has 68 valence electrons. The Morgan fingerprint density at radius 1 is 1.14 bits per heavy atom. The number of fused-ring (bicyclic) bond motifs is 3. The second kappa shape index (κ2) is 2.82. The van der Waals surface area contributed by atoms with Crippen molar-refractivity contribution < 1.29 is 0 Å². The molecule has 1 aromatic carbocycles. The first kappa shape index (κ1) is 8.00. The van der Waals surface area contributed by atoms with Crippen molar-refractivity contribution in [2.45, 2.75) is 0 Å². The molecule has 0 spiro atoms. The molecule has 2 heterocycles. The van der Waals surface area contributed by atoms with Crippen LogP contribution in [0.5, 0.6) is 0 Å². The van der Waals surface area contributed by atoms with Crippen LogP contribution in [0.15, 0.2) is 47.3 Å². The molecule has 14 heavy (non-hydrogen) atoms. The summed E-state index contributed by atoms with van der Waals surface area (Å²) in [7, 11) is 0. The van der Waals surface area contributed by atoms with Crippen LogP contribution >= 0.6 is 15.9 Å². The summed E-state index contributed by atoms with van der Waals surface area (Å²) in [5.41, 5.74) is 2.31. The van der Waals surface area contributed by atoms with E-state index in [2.05, 4.69) is 37.4 Å². The lowest BCUT2D eigenvalue weighted by atomic mass is 10.2. The van der Waals surface area contributed by atoms with E-state index in [0.29, 0.717) is 0 Å². The van der Waals surface area contributed by atoms with Gasteiger partial charge in [0.25, 0.3) is 0 Å². The second-order valence-corrected chi connectivity index (χ2v) is 3.96. The van der Waals surface area contributed by atoms with Gasteiger partial charge in [-0.3, -0.25) is 4.98 Å². The monoisotopic (exact) mass is 246 g/mol. The molecule has 0 aliphatic carbocycles. The molecular formula is C11H7BrN2.